The number of hydrogen-bond donors (Lipinski definition) is 1. The Morgan fingerprint density at radius 3 is 2.74 bits per heavy atom. The molecule has 0 spiro atoms. The highest BCUT2D eigenvalue weighted by molar-refractivity contribution is 5.93. The monoisotopic (exact) mass is 426 g/mol. The summed E-state index contributed by atoms with van der Waals surface area (Å²) in [5, 5.41) is 7.28. The van der Waals surface area contributed by atoms with Crippen molar-refractivity contribution in [3.8, 4) is 17.0 Å². The van der Waals surface area contributed by atoms with Gasteiger partial charge in [0, 0.05) is 50.9 Å². The van der Waals surface area contributed by atoms with Crippen LogP contribution < -0.4 is 4.74 Å². The molecule has 1 aromatic carbocycles. The van der Waals surface area contributed by atoms with Crippen molar-refractivity contribution in [1.29, 1.82) is 0 Å². The molecule has 166 valence electrons. The van der Waals surface area contributed by atoms with Crippen LogP contribution in [0.15, 0.2) is 30.3 Å². The van der Waals surface area contributed by atoms with Gasteiger partial charge in [0.2, 0.25) is 5.91 Å². The molecule has 0 atom stereocenters. The van der Waals surface area contributed by atoms with E-state index < -0.39 is 0 Å². The van der Waals surface area contributed by atoms with Crippen LogP contribution >= 0.6 is 0 Å². The van der Waals surface area contributed by atoms with Crippen LogP contribution in [-0.4, -0.2) is 77.8 Å². The van der Waals surface area contributed by atoms with Gasteiger partial charge >= 0.3 is 0 Å². The lowest BCUT2D eigenvalue weighted by molar-refractivity contribution is -0.127. The van der Waals surface area contributed by atoms with Crippen LogP contribution in [0.3, 0.4) is 0 Å². The van der Waals surface area contributed by atoms with E-state index >= 15 is 0 Å². The van der Waals surface area contributed by atoms with Crippen LogP contribution in [0.4, 0.5) is 0 Å². The summed E-state index contributed by atoms with van der Waals surface area (Å²) in [5.41, 5.74) is 2.12. The molecule has 8 heteroatoms. The summed E-state index contributed by atoms with van der Waals surface area (Å²) in [6.45, 7) is 3.48. The van der Waals surface area contributed by atoms with Crippen molar-refractivity contribution in [3.63, 3.8) is 0 Å². The molecule has 0 radical (unpaired) electrons. The van der Waals surface area contributed by atoms with E-state index in [0.717, 1.165) is 49.2 Å². The first kappa shape index (κ1) is 21.4. The number of likely N-dealkylation sites (tertiary alicyclic amines) is 1. The molecule has 2 fully saturated rings. The number of carbonyl (C=O) groups is 2. The van der Waals surface area contributed by atoms with Crippen molar-refractivity contribution in [1.82, 2.24) is 20.0 Å². The van der Waals surface area contributed by atoms with E-state index in [0.29, 0.717) is 38.4 Å². The van der Waals surface area contributed by atoms with Crippen LogP contribution in [0, 0.1) is 0 Å². The number of benzene rings is 1. The zero-order valence-electron chi connectivity index (χ0n) is 18.0. The van der Waals surface area contributed by atoms with Crippen LogP contribution in [0.5, 0.6) is 5.75 Å². The second-order valence-corrected chi connectivity index (χ2v) is 8.08. The Balaban J connectivity index is 1.45. The maximum atomic E-state index is 13.4. The van der Waals surface area contributed by atoms with Crippen LogP contribution in [0.2, 0.25) is 0 Å². The van der Waals surface area contributed by atoms with Gasteiger partial charge in [0.1, 0.15) is 11.4 Å². The fourth-order valence-corrected chi connectivity index (χ4v) is 4.31. The van der Waals surface area contributed by atoms with Crippen molar-refractivity contribution in [2.45, 2.75) is 38.1 Å². The number of carbonyl (C=O) groups excluding carboxylic acids is 2. The summed E-state index contributed by atoms with van der Waals surface area (Å²) >= 11 is 0. The minimum atomic E-state index is -0.0492. The summed E-state index contributed by atoms with van der Waals surface area (Å²) < 4.78 is 10.7. The summed E-state index contributed by atoms with van der Waals surface area (Å²) in [5.74, 6) is 0.950. The van der Waals surface area contributed by atoms with Gasteiger partial charge in [-0.2, -0.15) is 5.10 Å². The van der Waals surface area contributed by atoms with E-state index in [1.807, 2.05) is 34.1 Å². The fraction of sp³-hybridized carbons (Fsp3) is 0.522. The predicted molar refractivity (Wildman–Crippen MR) is 116 cm³/mol. The Morgan fingerprint density at radius 1 is 1.29 bits per heavy atom. The lowest BCUT2D eigenvalue weighted by atomic mass is 10.1. The number of nitrogens with one attached hydrogen (secondary N) is 1. The van der Waals surface area contributed by atoms with E-state index in [4.69, 9.17) is 9.47 Å². The lowest BCUT2D eigenvalue weighted by Gasteiger charge is -2.34. The van der Waals surface area contributed by atoms with Gasteiger partial charge in [-0.25, -0.2) is 0 Å². The first-order valence-corrected chi connectivity index (χ1v) is 11.0. The molecule has 31 heavy (non-hydrogen) atoms. The largest absolute Gasteiger partial charge is 0.497 e. The smallest absolute Gasteiger partial charge is 0.272 e. The Morgan fingerprint density at radius 2 is 2.06 bits per heavy atom. The quantitative estimate of drug-likeness (QED) is 0.701. The SMILES string of the molecule is COc1ccc(-c2cc(C(=O)N(CCCN3CCCC3=O)C3CCOCC3)[nH]n2)cc1. The molecule has 0 unspecified atom stereocenters. The third-order valence-corrected chi connectivity index (χ3v) is 6.08. The molecular weight excluding hydrogens is 396 g/mol. The number of aromatic amines is 1. The van der Waals surface area contributed by atoms with Gasteiger partial charge < -0.3 is 19.3 Å². The highest BCUT2D eigenvalue weighted by Gasteiger charge is 2.28. The Kier molecular flexibility index (Phi) is 6.86. The van der Waals surface area contributed by atoms with Crippen LogP contribution in [0.1, 0.15) is 42.6 Å². The number of nitrogens with zero attached hydrogens (tertiary/aromatic N) is 3. The van der Waals surface area contributed by atoms with Crippen molar-refractivity contribution < 1.29 is 19.1 Å². The third kappa shape index (κ3) is 5.07. The molecule has 2 aromatic rings. The van der Waals surface area contributed by atoms with E-state index in [9.17, 15) is 9.59 Å². The molecule has 0 saturated carbocycles. The maximum absolute atomic E-state index is 13.4. The van der Waals surface area contributed by atoms with Gasteiger partial charge in [0.15, 0.2) is 0 Å². The molecular formula is C23H30N4O4. The van der Waals surface area contributed by atoms with Crippen LogP contribution in [0.25, 0.3) is 11.3 Å². The Labute approximate surface area is 182 Å². The highest BCUT2D eigenvalue weighted by Crippen LogP contribution is 2.23. The molecule has 8 nitrogen and oxygen atoms in total. The van der Waals surface area contributed by atoms with Crippen molar-refractivity contribution in [3.05, 3.63) is 36.0 Å². The van der Waals surface area contributed by atoms with Crippen LogP contribution in [-0.2, 0) is 9.53 Å². The zero-order chi connectivity index (χ0) is 21.6. The average molecular weight is 427 g/mol. The van der Waals surface area contributed by atoms with Gasteiger partial charge in [0.25, 0.3) is 5.91 Å². The topological polar surface area (TPSA) is 87.8 Å². The summed E-state index contributed by atoms with van der Waals surface area (Å²) in [6.07, 6.45) is 4.00. The average Bonchev–Trinajstić information content (AvgIpc) is 3.46. The second kappa shape index (κ2) is 9.96. The standard InChI is InChI=1S/C23H30N4O4/c1-30-19-7-5-17(6-8-19)20-16-21(25-24-20)23(29)27(18-9-14-31-15-10-18)13-3-12-26-11-2-4-22(26)28/h5-8,16,18H,2-4,9-15H2,1H3,(H,24,25). The second-order valence-electron chi connectivity index (χ2n) is 8.08. The van der Waals surface area contributed by atoms with Gasteiger partial charge in [0.05, 0.1) is 12.8 Å². The van der Waals surface area contributed by atoms with E-state index in [-0.39, 0.29) is 17.9 Å². The summed E-state index contributed by atoms with van der Waals surface area (Å²) in [6, 6.07) is 9.54. The molecule has 2 saturated heterocycles. The molecule has 2 amide bonds. The van der Waals surface area contributed by atoms with Crippen molar-refractivity contribution in [2.75, 3.05) is 40.0 Å². The molecule has 2 aliphatic heterocycles. The minimum Gasteiger partial charge on any atom is -0.497 e. The van der Waals surface area contributed by atoms with Gasteiger partial charge in [-0.15, -0.1) is 0 Å². The molecule has 2 aliphatic rings. The predicted octanol–water partition coefficient (Wildman–Crippen LogP) is 2.72. The van der Waals surface area contributed by atoms with E-state index in [1.165, 1.54) is 0 Å². The van der Waals surface area contributed by atoms with Gasteiger partial charge in [-0.1, -0.05) is 0 Å². The number of amides is 2. The Hall–Kier alpha value is -2.87. The highest BCUT2D eigenvalue weighted by atomic mass is 16.5. The number of hydrogen-bond acceptors (Lipinski definition) is 5. The Bertz CT molecular complexity index is 889. The fourth-order valence-electron chi connectivity index (χ4n) is 4.31. The summed E-state index contributed by atoms with van der Waals surface area (Å²) in [7, 11) is 1.63. The normalized spacial score (nSPS) is 17.2. The van der Waals surface area contributed by atoms with E-state index in [2.05, 4.69) is 10.2 Å². The van der Waals surface area contributed by atoms with Gasteiger partial charge in [-0.05, 0) is 56.0 Å². The lowest BCUT2D eigenvalue weighted by Crippen LogP contribution is -2.45. The molecule has 0 bridgehead atoms. The van der Waals surface area contributed by atoms with E-state index in [1.54, 1.807) is 13.2 Å². The first-order chi connectivity index (χ1) is 15.2. The zero-order valence-corrected chi connectivity index (χ0v) is 18.0. The van der Waals surface area contributed by atoms with Crippen molar-refractivity contribution in [2.24, 2.45) is 0 Å². The maximum Gasteiger partial charge on any atom is 0.272 e. The molecule has 1 aromatic heterocycles. The number of rotatable bonds is 8. The first-order valence-electron chi connectivity index (χ1n) is 11.0. The third-order valence-electron chi connectivity index (χ3n) is 6.08. The number of aromatic nitrogens is 2. The number of methoxy groups -OCH3 is 1. The molecule has 0 aliphatic carbocycles. The number of H-pyrrole nitrogens is 1. The van der Waals surface area contributed by atoms with Gasteiger partial charge in [-0.3, -0.25) is 14.7 Å². The van der Waals surface area contributed by atoms with Crippen molar-refractivity contribution >= 4 is 11.8 Å². The minimum absolute atomic E-state index is 0.0492. The molecule has 1 N–H and O–H groups in total. The molecule has 4 rings (SSSR count). The number of ether oxygens (including phenoxy) is 2. The summed E-state index contributed by atoms with van der Waals surface area (Å²) in [4.78, 5) is 29.1. The molecule has 3 heterocycles.